The number of anilines is 1. The Morgan fingerprint density at radius 3 is 2.54 bits per heavy atom. The van der Waals surface area contributed by atoms with E-state index in [0.29, 0.717) is 42.9 Å². The van der Waals surface area contributed by atoms with Crippen LogP contribution in [-0.4, -0.2) is 35.1 Å². The Hall–Kier alpha value is -3.37. The fourth-order valence-corrected chi connectivity index (χ4v) is 3.06. The van der Waals surface area contributed by atoms with Crippen LogP contribution in [0.3, 0.4) is 0 Å². The zero-order valence-corrected chi connectivity index (χ0v) is 15.4. The Morgan fingerprint density at radius 1 is 1.07 bits per heavy atom. The lowest BCUT2D eigenvalue weighted by atomic mass is 10.1. The molecule has 3 N–H and O–H groups in total. The van der Waals surface area contributed by atoms with Crippen molar-refractivity contribution in [1.82, 2.24) is 10.2 Å². The van der Waals surface area contributed by atoms with Gasteiger partial charge >= 0.3 is 6.03 Å². The normalized spacial score (nSPS) is 12.2. The molecule has 0 aliphatic carbocycles. The maximum absolute atomic E-state index is 12.5. The average molecular weight is 378 g/mol. The first-order valence-corrected chi connectivity index (χ1v) is 9.17. The molecular weight excluding hydrogens is 356 g/mol. The van der Waals surface area contributed by atoms with Crippen molar-refractivity contribution in [3.05, 3.63) is 64.7 Å². The highest BCUT2D eigenvalue weighted by Crippen LogP contribution is 2.24. The topological polar surface area (TPSA) is 105 Å². The van der Waals surface area contributed by atoms with Crippen LogP contribution in [0.15, 0.2) is 42.5 Å². The number of benzene rings is 2. The van der Waals surface area contributed by atoms with Gasteiger partial charge in [-0.1, -0.05) is 6.07 Å². The summed E-state index contributed by atoms with van der Waals surface area (Å²) < 4.78 is 0. The van der Waals surface area contributed by atoms with Gasteiger partial charge < -0.3 is 20.6 Å². The van der Waals surface area contributed by atoms with Crippen molar-refractivity contribution in [2.45, 2.75) is 25.9 Å². The third kappa shape index (κ3) is 4.67. The lowest BCUT2D eigenvalue weighted by molar-refractivity contribution is 0.0952. The minimum Gasteiger partial charge on any atom is -0.396 e. The van der Waals surface area contributed by atoms with Crippen LogP contribution in [0.2, 0.25) is 0 Å². The molecule has 0 bridgehead atoms. The minimum atomic E-state index is -0.226. The highest BCUT2D eigenvalue weighted by Gasteiger charge is 2.23. The van der Waals surface area contributed by atoms with Crippen LogP contribution in [0.1, 0.15) is 39.9 Å². The first-order valence-electron chi connectivity index (χ1n) is 9.17. The van der Waals surface area contributed by atoms with E-state index in [1.54, 1.807) is 35.2 Å². The van der Waals surface area contributed by atoms with E-state index in [1.807, 2.05) is 12.1 Å². The van der Waals surface area contributed by atoms with E-state index < -0.39 is 0 Å². The smallest absolute Gasteiger partial charge is 0.322 e. The number of carbonyl (C=O) groups excluding carboxylic acids is 2. The van der Waals surface area contributed by atoms with Crippen LogP contribution >= 0.6 is 0 Å². The molecule has 3 amide bonds. The van der Waals surface area contributed by atoms with Crippen LogP contribution < -0.4 is 10.6 Å². The summed E-state index contributed by atoms with van der Waals surface area (Å²) >= 11 is 0. The molecule has 0 aromatic heterocycles. The number of nitriles is 1. The molecule has 7 nitrogen and oxygen atoms in total. The summed E-state index contributed by atoms with van der Waals surface area (Å²) in [6.45, 7) is 1.60. The van der Waals surface area contributed by atoms with Crippen molar-refractivity contribution in [2.24, 2.45) is 0 Å². The molecule has 7 heteroatoms. The Morgan fingerprint density at radius 2 is 1.82 bits per heavy atom. The quantitative estimate of drug-likeness (QED) is 0.672. The fourth-order valence-electron chi connectivity index (χ4n) is 3.06. The van der Waals surface area contributed by atoms with E-state index in [4.69, 9.17) is 10.4 Å². The SMILES string of the molecule is N#Cc1ccc2c(c1)CN(C(=O)Nc1ccc(C(=O)NCCCCO)cc1)C2. The van der Waals surface area contributed by atoms with Crippen LogP contribution in [0.25, 0.3) is 0 Å². The van der Waals surface area contributed by atoms with Crippen molar-refractivity contribution in [3.8, 4) is 6.07 Å². The van der Waals surface area contributed by atoms with Crippen LogP contribution in [0.4, 0.5) is 10.5 Å². The first kappa shape index (κ1) is 19.4. The van der Waals surface area contributed by atoms with Crippen molar-refractivity contribution < 1.29 is 14.7 Å². The third-order valence-corrected chi connectivity index (χ3v) is 4.61. The molecule has 0 atom stereocenters. The van der Waals surface area contributed by atoms with Crippen LogP contribution in [-0.2, 0) is 13.1 Å². The van der Waals surface area contributed by atoms with Gasteiger partial charge in [0, 0.05) is 37.5 Å². The highest BCUT2D eigenvalue weighted by molar-refractivity contribution is 5.95. The number of aliphatic hydroxyl groups is 1. The molecule has 0 saturated heterocycles. The lowest BCUT2D eigenvalue weighted by Crippen LogP contribution is -2.30. The first-order chi connectivity index (χ1) is 13.6. The summed E-state index contributed by atoms with van der Waals surface area (Å²) in [5.41, 5.74) is 3.74. The molecule has 0 spiro atoms. The summed E-state index contributed by atoms with van der Waals surface area (Å²) in [7, 11) is 0. The van der Waals surface area contributed by atoms with Gasteiger partial charge in [-0.15, -0.1) is 0 Å². The number of hydrogen-bond acceptors (Lipinski definition) is 4. The number of nitrogens with one attached hydrogen (secondary N) is 2. The molecule has 3 rings (SSSR count). The second-order valence-electron chi connectivity index (χ2n) is 6.65. The molecule has 0 saturated carbocycles. The lowest BCUT2D eigenvalue weighted by Gasteiger charge is -2.16. The van der Waals surface area contributed by atoms with E-state index in [2.05, 4.69) is 16.7 Å². The monoisotopic (exact) mass is 378 g/mol. The van der Waals surface area contributed by atoms with Crippen molar-refractivity contribution >= 4 is 17.6 Å². The minimum absolute atomic E-state index is 0.117. The molecule has 28 heavy (non-hydrogen) atoms. The molecule has 0 fully saturated rings. The molecule has 144 valence electrons. The molecule has 1 aliphatic rings. The highest BCUT2D eigenvalue weighted by atomic mass is 16.3. The van der Waals surface area contributed by atoms with E-state index in [1.165, 1.54) is 0 Å². The number of hydrogen-bond donors (Lipinski definition) is 3. The average Bonchev–Trinajstić information content (AvgIpc) is 3.15. The van der Waals surface area contributed by atoms with E-state index >= 15 is 0 Å². The number of nitrogens with zero attached hydrogens (tertiary/aromatic N) is 2. The Kier molecular flexibility index (Phi) is 6.25. The summed E-state index contributed by atoms with van der Waals surface area (Å²) in [5, 5.41) is 23.4. The molecule has 0 radical (unpaired) electrons. The van der Waals surface area contributed by atoms with Gasteiger partial charge in [0.05, 0.1) is 11.6 Å². The zero-order valence-electron chi connectivity index (χ0n) is 15.4. The van der Waals surface area contributed by atoms with E-state index in [9.17, 15) is 9.59 Å². The van der Waals surface area contributed by atoms with E-state index in [0.717, 1.165) is 17.5 Å². The van der Waals surface area contributed by atoms with Gasteiger partial charge in [-0.05, 0) is 60.4 Å². The second kappa shape index (κ2) is 9.02. The van der Waals surface area contributed by atoms with Gasteiger partial charge in [-0.2, -0.15) is 5.26 Å². The van der Waals surface area contributed by atoms with Gasteiger partial charge in [-0.25, -0.2) is 4.79 Å². The van der Waals surface area contributed by atoms with Crippen LogP contribution in [0.5, 0.6) is 0 Å². The van der Waals surface area contributed by atoms with Gasteiger partial charge in [-0.3, -0.25) is 4.79 Å². The third-order valence-electron chi connectivity index (χ3n) is 4.61. The molecule has 2 aromatic carbocycles. The van der Waals surface area contributed by atoms with Gasteiger partial charge in [0.15, 0.2) is 0 Å². The maximum Gasteiger partial charge on any atom is 0.322 e. The number of rotatable bonds is 6. The van der Waals surface area contributed by atoms with Crippen molar-refractivity contribution in [2.75, 3.05) is 18.5 Å². The second-order valence-corrected chi connectivity index (χ2v) is 6.65. The Balaban J connectivity index is 1.54. The number of urea groups is 1. The summed E-state index contributed by atoms with van der Waals surface area (Å²) in [4.78, 5) is 26.2. The summed E-state index contributed by atoms with van der Waals surface area (Å²) in [6, 6.07) is 14.1. The van der Waals surface area contributed by atoms with Gasteiger partial charge in [0.25, 0.3) is 5.91 Å². The number of amides is 3. The summed E-state index contributed by atoms with van der Waals surface area (Å²) in [6.07, 6.45) is 1.38. The number of unbranched alkanes of at least 4 members (excludes halogenated alkanes) is 1. The van der Waals surface area contributed by atoms with E-state index in [-0.39, 0.29) is 18.5 Å². The summed E-state index contributed by atoms with van der Waals surface area (Å²) in [5.74, 6) is -0.181. The molecule has 0 unspecified atom stereocenters. The van der Waals surface area contributed by atoms with Gasteiger partial charge in [0.2, 0.25) is 0 Å². The predicted octanol–water partition coefficient (Wildman–Crippen LogP) is 2.61. The maximum atomic E-state index is 12.5. The Bertz CT molecular complexity index is 903. The molecular formula is C21H22N4O3. The molecule has 2 aromatic rings. The predicted molar refractivity (Wildman–Crippen MR) is 105 cm³/mol. The number of fused-ring (bicyclic) bond motifs is 1. The Labute approximate surface area is 163 Å². The standard InChI is InChI=1S/C21H22N4O3/c22-12-15-3-4-17-13-25(14-18(17)11-15)21(28)24-19-7-5-16(6-8-19)20(27)23-9-1-2-10-26/h3-8,11,26H,1-2,9-10,13-14H2,(H,23,27)(H,24,28). The van der Waals surface area contributed by atoms with Crippen molar-refractivity contribution in [3.63, 3.8) is 0 Å². The van der Waals surface area contributed by atoms with Crippen molar-refractivity contribution in [1.29, 1.82) is 5.26 Å². The molecule has 1 aliphatic heterocycles. The largest absolute Gasteiger partial charge is 0.396 e. The van der Waals surface area contributed by atoms with Crippen LogP contribution in [0, 0.1) is 11.3 Å². The zero-order chi connectivity index (χ0) is 19.9. The number of aliphatic hydroxyl groups excluding tert-OH is 1. The fraction of sp³-hybridized carbons (Fsp3) is 0.286. The molecule has 1 heterocycles. The van der Waals surface area contributed by atoms with Gasteiger partial charge in [0.1, 0.15) is 0 Å². The number of carbonyl (C=O) groups is 2.